The summed E-state index contributed by atoms with van der Waals surface area (Å²) < 4.78 is 0. The maximum atomic E-state index is 12.2. The van der Waals surface area contributed by atoms with Gasteiger partial charge in [0.1, 0.15) is 6.04 Å². The smallest absolute Gasteiger partial charge is 0.243 e. The van der Waals surface area contributed by atoms with Crippen LogP contribution in [0.1, 0.15) is 39.5 Å². The lowest BCUT2D eigenvalue weighted by Crippen LogP contribution is -2.59. The molecule has 0 aromatic rings. The summed E-state index contributed by atoms with van der Waals surface area (Å²) in [4.78, 5) is 25.0. The molecular formula is C11H21N3O2. The number of likely N-dealkylation sites (tertiary alicyclic amines) is 1. The molecule has 0 aromatic carbocycles. The summed E-state index contributed by atoms with van der Waals surface area (Å²) in [7, 11) is 0. The zero-order valence-electron chi connectivity index (χ0n) is 10.0. The molecule has 5 heteroatoms. The van der Waals surface area contributed by atoms with Gasteiger partial charge in [0.25, 0.3) is 0 Å². The Kier molecular flexibility index (Phi) is 3.91. The number of piperidine rings is 1. The number of amides is 2. The van der Waals surface area contributed by atoms with E-state index < -0.39 is 17.5 Å². The number of carbonyl (C=O) groups is 2. The average Bonchev–Trinajstić information content (AvgIpc) is 2.28. The van der Waals surface area contributed by atoms with Crippen LogP contribution in [0.5, 0.6) is 0 Å². The highest BCUT2D eigenvalue weighted by Gasteiger charge is 2.37. The molecule has 1 rings (SSSR count). The maximum absolute atomic E-state index is 12.2. The number of rotatable bonds is 3. The van der Waals surface area contributed by atoms with E-state index in [9.17, 15) is 9.59 Å². The second kappa shape index (κ2) is 4.82. The van der Waals surface area contributed by atoms with E-state index in [0.717, 1.165) is 12.8 Å². The lowest BCUT2D eigenvalue weighted by Gasteiger charge is -2.38. The number of primary amides is 1. The Hall–Kier alpha value is -1.10. The van der Waals surface area contributed by atoms with Gasteiger partial charge in [0, 0.05) is 6.54 Å². The molecule has 2 unspecified atom stereocenters. The van der Waals surface area contributed by atoms with E-state index in [4.69, 9.17) is 11.5 Å². The summed E-state index contributed by atoms with van der Waals surface area (Å²) in [6.07, 6.45) is 3.05. The Balaban J connectivity index is 2.83. The zero-order chi connectivity index (χ0) is 12.3. The highest BCUT2D eigenvalue weighted by Crippen LogP contribution is 2.21. The van der Waals surface area contributed by atoms with E-state index in [1.54, 1.807) is 11.8 Å². The van der Waals surface area contributed by atoms with Crippen molar-refractivity contribution in [2.75, 3.05) is 6.54 Å². The standard InChI is InChI=1S/C11H21N3O2/c1-3-11(2,13)10(16)14-7-5-4-6-8(14)9(12)15/h8H,3-7,13H2,1-2H3,(H2,12,15). The summed E-state index contributed by atoms with van der Waals surface area (Å²) in [6, 6.07) is -0.476. The molecule has 92 valence electrons. The first-order valence-electron chi connectivity index (χ1n) is 5.79. The van der Waals surface area contributed by atoms with Crippen LogP contribution in [0.3, 0.4) is 0 Å². The van der Waals surface area contributed by atoms with Crippen LogP contribution < -0.4 is 11.5 Å². The number of carbonyl (C=O) groups excluding carboxylic acids is 2. The van der Waals surface area contributed by atoms with E-state index in [1.807, 2.05) is 6.92 Å². The Morgan fingerprint density at radius 3 is 2.56 bits per heavy atom. The molecule has 1 saturated heterocycles. The SMILES string of the molecule is CCC(C)(N)C(=O)N1CCCCC1C(N)=O. The molecule has 2 atom stereocenters. The fourth-order valence-electron chi connectivity index (χ4n) is 1.95. The van der Waals surface area contributed by atoms with Crippen molar-refractivity contribution in [3.63, 3.8) is 0 Å². The summed E-state index contributed by atoms with van der Waals surface area (Å²) >= 11 is 0. The molecule has 0 radical (unpaired) electrons. The van der Waals surface area contributed by atoms with Crippen molar-refractivity contribution in [2.45, 2.75) is 51.1 Å². The Morgan fingerprint density at radius 1 is 1.44 bits per heavy atom. The third kappa shape index (κ3) is 2.52. The van der Waals surface area contributed by atoms with Gasteiger partial charge in [-0.1, -0.05) is 6.92 Å². The molecule has 0 saturated carbocycles. The molecule has 2 amide bonds. The van der Waals surface area contributed by atoms with Crippen LogP contribution in [0.4, 0.5) is 0 Å². The topological polar surface area (TPSA) is 89.4 Å². The third-order valence-corrected chi connectivity index (χ3v) is 3.32. The summed E-state index contributed by atoms with van der Waals surface area (Å²) in [6.45, 7) is 4.14. The van der Waals surface area contributed by atoms with E-state index >= 15 is 0 Å². The van der Waals surface area contributed by atoms with Gasteiger partial charge in [-0.15, -0.1) is 0 Å². The predicted octanol–water partition coefficient (Wildman–Crippen LogP) is -0.0198. The van der Waals surface area contributed by atoms with E-state index in [1.165, 1.54) is 0 Å². The van der Waals surface area contributed by atoms with Crippen LogP contribution in [-0.4, -0.2) is 34.8 Å². The van der Waals surface area contributed by atoms with Gasteiger partial charge in [-0.05, 0) is 32.6 Å². The lowest BCUT2D eigenvalue weighted by molar-refractivity contribution is -0.145. The first-order chi connectivity index (χ1) is 7.40. The molecule has 1 heterocycles. The van der Waals surface area contributed by atoms with Gasteiger partial charge in [0.05, 0.1) is 5.54 Å². The summed E-state index contributed by atoms with van der Waals surface area (Å²) in [5, 5.41) is 0. The molecule has 0 spiro atoms. The summed E-state index contributed by atoms with van der Waals surface area (Å²) in [5.41, 5.74) is 10.3. The van der Waals surface area contributed by atoms with E-state index in [-0.39, 0.29) is 5.91 Å². The van der Waals surface area contributed by atoms with Crippen LogP contribution in [-0.2, 0) is 9.59 Å². The van der Waals surface area contributed by atoms with Crippen molar-refractivity contribution >= 4 is 11.8 Å². The second-order valence-electron chi connectivity index (χ2n) is 4.68. The molecule has 0 aromatic heterocycles. The first-order valence-corrected chi connectivity index (χ1v) is 5.79. The fourth-order valence-corrected chi connectivity index (χ4v) is 1.95. The zero-order valence-corrected chi connectivity index (χ0v) is 10.0. The maximum Gasteiger partial charge on any atom is 0.243 e. The Labute approximate surface area is 96.1 Å². The van der Waals surface area contributed by atoms with Crippen LogP contribution in [0, 0.1) is 0 Å². The van der Waals surface area contributed by atoms with Gasteiger partial charge in [-0.3, -0.25) is 9.59 Å². The van der Waals surface area contributed by atoms with Crippen molar-refractivity contribution in [2.24, 2.45) is 11.5 Å². The Bertz CT molecular complexity index is 289. The molecule has 16 heavy (non-hydrogen) atoms. The highest BCUT2D eigenvalue weighted by molar-refractivity contribution is 5.91. The van der Waals surface area contributed by atoms with Gasteiger partial charge < -0.3 is 16.4 Å². The quantitative estimate of drug-likeness (QED) is 0.710. The lowest BCUT2D eigenvalue weighted by atomic mass is 9.94. The minimum atomic E-state index is -0.898. The van der Waals surface area contributed by atoms with Gasteiger partial charge >= 0.3 is 0 Å². The predicted molar refractivity (Wildman–Crippen MR) is 61.4 cm³/mol. The molecule has 1 aliphatic rings. The van der Waals surface area contributed by atoms with Crippen molar-refractivity contribution in [3.05, 3.63) is 0 Å². The highest BCUT2D eigenvalue weighted by atomic mass is 16.2. The monoisotopic (exact) mass is 227 g/mol. The molecule has 1 aliphatic heterocycles. The molecule has 1 fully saturated rings. The largest absolute Gasteiger partial charge is 0.368 e. The number of nitrogens with zero attached hydrogens (tertiary/aromatic N) is 1. The molecule has 0 aliphatic carbocycles. The van der Waals surface area contributed by atoms with Crippen LogP contribution in [0.25, 0.3) is 0 Å². The van der Waals surface area contributed by atoms with E-state index in [0.29, 0.717) is 19.4 Å². The molecular weight excluding hydrogens is 206 g/mol. The number of hydrogen-bond donors (Lipinski definition) is 2. The minimum Gasteiger partial charge on any atom is -0.368 e. The van der Waals surface area contributed by atoms with Gasteiger partial charge in [-0.2, -0.15) is 0 Å². The average molecular weight is 227 g/mol. The summed E-state index contributed by atoms with van der Waals surface area (Å²) in [5.74, 6) is -0.599. The van der Waals surface area contributed by atoms with Gasteiger partial charge in [-0.25, -0.2) is 0 Å². The number of hydrogen-bond acceptors (Lipinski definition) is 3. The van der Waals surface area contributed by atoms with Crippen LogP contribution in [0.15, 0.2) is 0 Å². The van der Waals surface area contributed by atoms with Crippen LogP contribution in [0.2, 0.25) is 0 Å². The third-order valence-electron chi connectivity index (χ3n) is 3.32. The van der Waals surface area contributed by atoms with Crippen LogP contribution >= 0.6 is 0 Å². The fraction of sp³-hybridized carbons (Fsp3) is 0.818. The molecule has 0 bridgehead atoms. The van der Waals surface area contributed by atoms with E-state index in [2.05, 4.69) is 0 Å². The first kappa shape index (κ1) is 13.0. The molecule has 5 nitrogen and oxygen atoms in total. The minimum absolute atomic E-state index is 0.168. The number of nitrogens with two attached hydrogens (primary N) is 2. The van der Waals surface area contributed by atoms with Crippen molar-refractivity contribution in [1.82, 2.24) is 4.90 Å². The molecule has 4 N–H and O–H groups in total. The normalized spacial score (nSPS) is 24.9. The van der Waals surface area contributed by atoms with Gasteiger partial charge in [0.15, 0.2) is 0 Å². The Morgan fingerprint density at radius 2 is 2.06 bits per heavy atom. The van der Waals surface area contributed by atoms with Gasteiger partial charge in [0.2, 0.25) is 11.8 Å². The van der Waals surface area contributed by atoms with Crippen molar-refractivity contribution < 1.29 is 9.59 Å². The second-order valence-corrected chi connectivity index (χ2v) is 4.68. The van der Waals surface area contributed by atoms with Crippen molar-refractivity contribution in [3.8, 4) is 0 Å². The van der Waals surface area contributed by atoms with Crippen molar-refractivity contribution in [1.29, 1.82) is 0 Å².